The second kappa shape index (κ2) is 6.49. The number of carboxylic acid groups (broad SMARTS) is 1. The van der Waals surface area contributed by atoms with E-state index in [0.717, 1.165) is 4.31 Å². The molecule has 5 nitrogen and oxygen atoms in total. The molecule has 20 heavy (non-hydrogen) atoms. The first-order chi connectivity index (χ1) is 9.07. The fraction of sp³-hybridized carbons (Fsp3) is 0.364. The van der Waals surface area contributed by atoms with Crippen molar-refractivity contribution in [3.05, 3.63) is 27.2 Å². The number of benzene rings is 1. The van der Waals surface area contributed by atoms with Gasteiger partial charge in [0.05, 0.1) is 16.0 Å². The summed E-state index contributed by atoms with van der Waals surface area (Å²) < 4.78 is 25.6. The SMILES string of the molecule is CC(CN(C)S(=O)(=O)c1c(Cl)cc(Cl)cc1Cl)C(=O)O. The molecule has 0 aliphatic heterocycles. The van der Waals surface area contributed by atoms with Crippen LogP contribution in [-0.2, 0) is 14.8 Å². The van der Waals surface area contributed by atoms with Crippen LogP contribution < -0.4 is 0 Å². The minimum atomic E-state index is -4.00. The fourth-order valence-electron chi connectivity index (χ4n) is 1.49. The number of carbonyl (C=O) groups is 1. The van der Waals surface area contributed by atoms with E-state index in [4.69, 9.17) is 39.9 Å². The molecular formula is C11H12Cl3NO4S. The van der Waals surface area contributed by atoms with Crippen molar-refractivity contribution in [1.29, 1.82) is 0 Å². The molecule has 1 aromatic rings. The van der Waals surface area contributed by atoms with Gasteiger partial charge in [0, 0.05) is 18.6 Å². The smallest absolute Gasteiger partial charge is 0.307 e. The molecule has 0 bridgehead atoms. The number of halogens is 3. The van der Waals surface area contributed by atoms with Crippen LogP contribution in [0.15, 0.2) is 17.0 Å². The van der Waals surface area contributed by atoms with Crippen molar-refractivity contribution in [2.45, 2.75) is 11.8 Å². The fourth-order valence-corrected chi connectivity index (χ4v) is 4.24. The third-order valence-electron chi connectivity index (χ3n) is 2.58. The zero-order chi connectivity index (χ0) is 15.7. The summed E-state index contributed by atoms with van der Waals surface area (Å²) in [5.41, 5.74) is 0. The lowest BCUT2D eigenvalue weighted by Gasteiger charge is -2.20. The van der Waals surface area contributed by atoms with Gasteiger partial charge < -0.3 is 5.11 Å². The van der Waals surface area contributed by atoms with Gasteiger partial charge in [0.25, 0.3) is 0 Å². The lowest BCUT2D eigenvalue weighted by molar-refractivity contribution is -0.141. The van der Waals surface area contributed by atoms with E-state index in [9.17, 15) is 13.2 Å². The summed E-state index contributed by atoms with van der Waals surface area (Å²) in [5, 5.41) is 8.80. The molecule has 1 aromatic carbocycles. The molecule has 0 amide bonds. The van der Waals surface area contributed by atoms with Gasteiger partial charge in [-0.05, 0) is 12.1 Å². The Hall–Kier alpha value is -0.530. The van der Waals surface area contributed by atoms with Crippen molar-refractivity contribution in [2.75, 3.05) is 13.6 Å². The van der Waals surface area contributed by atoms with Crippen LogP contribution in [0.5, 0.6) is 0 Å². The van der Waals surface area contributed by atoms with Crippen LogP contribution in [0.1, 0.15) is 6.92 Å². The number of aliphatic carboxylic acids is 1. The highest BCUT2D eigenvalue weighted by Gasteiger charge is 2.29. The van der Waals surface area contributed by atoms with Gasteiger partial charge in [-0.3, -0.25) is 4.79 Å². The molecule has 0 saturated carbocycles. The zero-order valence-electron chi connectivity index (χ0n) is 10.6. The quantitative estimate of drug-likeness (QED) is 0.876. The molecule has 0 aliphatic rings. The van der Waals surface area contributed by atoms with Crippen molar-refractivity contribution in [2.24, 2.45) is 5.92 Å². The predicted molar refractivity (Wildman–Crippen MR) is 78.1 cm³/mol. The minimum Gasteiger partial charge on any atom is -0.481 e. The molecule has 0 saturated heterocycles. The Morgan fingerprint density at radius 2 is 1.75 bits per heavy atom. The standard InChI is InChI=1S/C11H12Cl3NO4S/c1-6(11(16)17)5-15(2)20(18,19)10-8(13)3-7(12)4-9(10)14/h3-4,6H,5H2,1-2H3,(H,16,17). The summed E-state index contributed by atoms with van der Waals surface area (Å²) in [5.74, 6) is -1.96. The highest BCUT2D eigenvalue weighted by atomic mass is 35.5. The molecule has 0 aliphatic carbocycles. The van der Waals surface area contributed by atoms with Gasteiger partial charge in [-0.2, -0.15) is 4.31 Å². The molecular weight excluding hydrogens is 349 g/mol. The van der Waals surface area contributed by atoms with E-state index in [0.29, 0.717) is 0 Å². The topological polar surface area (TPSA) is 74.7 Å². The Morgan fingerprint density at radius 3 is 2.15 bits per heavy atom. The van der Waals surface area contributed by atoms with Gasteiger partial charge in [-0.1, -0.05) is 41.7 Å². The Morgan fingerprint density at radius 1 is 1.30 bits per heavy atom. The predicted octanol–water partition coefficient (Wildman–Crippen LogP) is 2.99. The Balaban J connectivity index is 3.21. The minimum absolute atomic E-state index is 0.114. The summed E-state index contributed by atoms with van der Waals surface area (Å²) >= 11 is 17.5. The van der Waals surface area contributed by atoms with E-state index in [1.54, 1.807) is 0 Å². The second-order valence-electron chi connectivity index (χ2n) is 4.22. The number of hydrogen-bond donors (Lipinski definition) is 1. The van der Waals surface area contributed by atoms with Gasteiger partial charge in [0.2, 0.25) is 10.0 Å². The van der Waals surface area contributed by atoms with Crippen molar-refractivity contribution in [1.82, 2.24) is 4.31 Å². The summed E-state index contributed by atoms with van der Waals surface area (Å²) in [6.07, 6.45) is 0. The largest absolute Gasteiger partial charge is 0.481 e. The van der Waals surface area contributed by atoms with Crippen molar-refractivity contribution in [3.8, 4) is 0 Å². The Labute approximate surface area is 132 Å². The van der Waals surface area contributed by atoms with Crippen LogP contribution >= 0.6 is 34.8 Å². The zero-order valence-corrected chi connectivity index (χ0v) is 13.7. The van der Waals surface area contributed by atoms with E-state index in [1.165, 1.54) is 26.1 Å². The summed E-state index contributed by atoms with van der Waals surface area (Å²) in [4.78, 5) is 10.5. The lowest BCUT2D eigenvalue weighted by Crippen LogP contribution is -2.34. The van der Waals surface area contributed by atoms with Crippen LogP contribution in [0, 0.1) is 5.92 Å². The monoisotopic (exact) mass is 359 g/mol. The molecule has 1 unspecified atom stereocenters. The van der Waals surface area contributed by atoms with Crippen LogP contribution in [0.2, 0.25) is 15.1 Å². The number of nitrogens with zero attached hydrogens (tertiary/aromatic N) is 1. The molecule has 9 heteroatoms. The number of hydrogen-bond acceptors (Lipinski definition) is 3. The van der Waals surface area contributed by atoms with E-state index in [1.807, 2.05) is 0 Å². The van der Waals surface area contributed by atoms with Gasteiger partial charge in [-0.25, -0.2) is 8.42 Å². The van der Waals surface area contributed by atoms with E-state index in [-0.39, 0.29) is 26.5 Å². The molecule has 1 atom stereocenters. The highest BCUT2D eigenvalue weighted by Crippen LogP contribution is 2.34. The Kier molecular flexibility index (Phi) is 5.69. The van der Waals surface area contributed by atoms with Crippen LogP contribution in [0.4, 0.5) is 0 Å². The molecule has 0 heterocycles. The molecule has 0 radical (unpaired) electrons. The average Bonchev–Trinajstić information content (AvgIpc) is 2.26. The van der Waals surface area contributed by atoms with Crippen molar-refractivity contribution < 1.29 is 18.3 Å². The molecule has 0 aromatic heterocycles. The summed E-state index contributed by atoms with van der Waals surface area (Å²) in [6, 6.07) is 2.52. The third kappa shape index (κ3) is 3.77. The van der Waals surface area contributed by atoms with Crippen LogP contribution in [0.25, 0.3) is 0 Å². The maximum atomic E-state index is 12.4. The molecule has 0 fully saturated rings. The van der Waals surface area contributed by atoms with Gasteiger partial charge in [0.1, 0.15) is 4.90 Å². The third-order valence-corrected chi connectivity index (χ3v) is 5.55. The normalized spacial score (nSPS) is 13.5. The number of rotatable bonds is 5. The molecule has 1 rings (SSSR count). The highest BCUT2D eigenvalue weighted by molar-refractivity contribution is 7.89. The summed E-state index contributed by atoms with van der Waals surface area (Å²) in [7, 11) is -2.74. The van der Waals surface area contributed by atoms with Gasteiger partial charge >= 0.3 is 5.97 Å². The average molecular weight is 361 g/mol. The first kappa shape index (κ1) is 17.5. The van der Waals surface area contributed by atoms with Crippen LogP contribution in [0.3, 0.4) is 0 Å². The lowest BCUT2D eigenvalue weighted by atomic mass is 10.2. The number of carboxylic acids is 1. The van der Waals surface area contributed by atoms with Crippen LogP contribution in [-0.4, -0.2) is 37.4 Å². The van der Waals surface area contributed by atoms with Gasteiger partial charge in [0.15, 0.2) is 0 Å². The molecule has 1 N–H and O–H groups in total. The van der Waals surface area contributed by atoms with E-state index in [2.05, 4.69) is 0 Å². The molecule has 112 valence electrons. The van der Waals surface area contributed by atoms with Crippen molar-refractivity contribution >= 4 is 50.8 Å². The first-order valence-corrected chi connectivity index (χ1v) is 7.98. The first-order valence-electron chi connectivity index (χ1n) is 5.41. The van der Waals surface area contributed by atoms with E-state index >= 15 is 0 Å². The summed E-state index contributed by atoms with van der Waals surface area (Å²) in [6.45, 7) is 1.20. The van der Waals surface area contributed by atoms with Crippen molar-refractivity contribution in [3.63, 3.8) is 0 Å². The molecule has 0 spiro atoms. The van der Waals surface area contributed by atoms with E-state index < -0.39 is 21.9 Å². The second-order valence-corrected chi connectivity index (χ2v) is 7.46. The Bertz CT molecular complexity index is 610. The maximum absolute atomic E-state index is 12.4. The maximum Gasteiger partial charge on any atom is 0.307 e. The van der Waals surface area contributed by atoms with Gasteiger partial charge in [-0.15, -0.1) is 0 Å². The number of sulfonamides is 1.